The van der Waals surface area contributed by atoms with E-state index >= 15 is 0 Å². The van der Waals surface area contributed by atoms with Gasteiger partial charge in [-0.05, 0) is 31.5 Å². The molecule has 19 heavy (non-hydrogen) atoms. The van der Waals surface area contributed by atoms with Crippen molar-refractivity contribution in [3.63, 3.8) is 0 Å². The van der Waals surface area contributed by atoms with Crippen LogP contribution in [-0.2, 0) is 16.0 Å². The first-order valence-corrected chi connectivity index (χ1v) is 6.45. The fraction of sp³-hybridized carbons (Fsp3) is 0.400. The first-order chi connectivity index (χ1) is 9.11. The van der Waals surface area contributed by atoms with Crippen LogP contribution in [0.4, 0.5) is 0 Å². The minimum absolute atomic E-state index is 0.0301. The molecule has 1 heterocycles. The lowest BCUT2D eigenvalue weighted by Crippen LogP contribution is -2.28. The summed E-state index contributed by atoms with van der Waals surface area (Å²) < 4.78 is 4.92. The number of aromatic amines is 1. The molecule has 1 aromatic heterocycles. The fourth-order valence-electron chi connectivity index (χ4n) is 2.24. The van der Waals surface area contributed by atoms with Crippen molar-refractivity contribution in [2.24, 2.45) is 0 Å². The minimum atomic E-state index is 0.0301. The number of aryl methyl sites for hydroxylation is 2. The van der Waals surface area contributed by atoms with Crippen molar-refractivity contribution in [2.45, 2.75) is 20.3 Å². The summed E-state index contributed by atoms with van der Waals surface area (Å²) in [5.41, 5.74) is 4.42. The minimum Gasteiger partial charge on any atom is -0.383 e. The molecule has 0 atom stereocenters. The van der Waals surface area contributed by atoms with E-state index in [-0.39, 0.29) is 5.91 Å². The van der Waals surface area contributed by atoms with Crippen LogP contribution in [0.5, 0.6) is 0 Å². The molecule has 2 N–H and O–H groups in total. The van der Waals surface area contributed by atoms with Crippen LogP contribution in [0.3, 0.4) is 0 Å². The predicted molar refractivity (Wildman–Crippen MR) is 76.4 cm³/mol. The molecular formula is C15H20N2O2. The molecule has 0 saturated carbocycles. The van der Waals surface area contributed by atoms with Crippen LogP contribution in [0.25, 0.3) is 10.9 Å². The van der Waals surface area contributed by atoms with Crippen LogP contribution in [0, 0.1) is 13.8 Å². The highest BCUT2D eigenvalue weighted by Gasteiger charge is 2.12. The number of carbonyl (C=O) groups excluding carboxylic acids is 1. The Bertz CT molecular complexity index is 587. The van der Waals surface area contributed by atoms with Crippen LogP contribution < -0.4 is 5.32 Å². The van der Waals surface area contributed by atoms with E-state index < -0.39 is 0 Å². The van der Waals surface area contributed by atoms with Crippen molar-refractivity contribution < 1.29 is 9.53 Å². The van der Waals surface area contributed by atoms with Crippen molar-refractivity contribution in [3.05, 3.63) is 35.0 Å². The van der Waals surface area contributed by atoms with Gasteiger partial charge < -0.3 is 15.0 Å². The number of fused-ring (bicyclic) bond motifs is 1. The number of rotatable bonds is 5. The number of H-pyrrole nitrogens is 1. The second kappa shape index (κ2) is 5.89. The normalized spacial score (nSPS) is 10.9. The maximum absolute atomic E-state index is 11.9. The lowest BCUT2D eigenvalue weighted by molar-refractivity contribution is -0.120. The van der Waals surface area contributed by atoms with Crippen LogP contribution >= 0.6 is 0 Å². The summed E-state index contributed by atoms with van der Waals surface area (Å²) >= 11 is 0. The predicted octanol–water partition coefficient (Wildman–Crippen LogP) is 2.09. The SMILES string of the molecule is COCCNC(=O)Cc1c(C)[nH]c2ccc(C)cc12. The van der Waals surface area contributed by atoms with Crippen LogP contribution in [0.2, 0.25) is 0 Å². The van der Waals surface area contributed by atoms with Gasteiger partial charge in [0.2, 0.25) is 5.91 Å². The molecule has 0 aliphatic carbocycles. The number of methoxy groups -OCH3 is 1. The summed E-state index contributed by atoms with van der Waals surface area (Å²) in [4.78, 5) is 15.2. The smallest absolute Gasteiger partial charge is 0.224 e. The molecular weight excluding hydrogens is 240 g/mol. The zero-order valence-corrected chi connectivity index (χ0v) is 11.7. The van der Waals surface area contributed by atoms with Gasteiger partial charge in [-0.25, -0.2) is 0 Å². The highest BCUT2D eigenvalue weighted by Crippen LogP contribution is 2.23. The average molecular weight is 260 g/mol. The molecule has 1 aromatic carbocycles. The summed E-state index contributed by atoms with van der Waals surface area (Å²) in [7, 11) is 1.62. The van der Waals surface area contributed by atoms with Gasteiger partial charge >= 0.3 is 0 Å². The monoisotopic (exact) mass is 260 g/mol. The first-order valence-electron chi connectivity index (χ1n) is 6.45. The molecule has 0 saturated heterocycles. The highest BCUT2D eigenvalue weighted by molar-refractivity contribution is 5.90. The number of ether oxygens (including phenoxy) is 1. The topological polar surface area (TPSA) is 54.1 Å². The van der Waals surface area contributed by atoms with Gasteiger partial charge in [-0.15, -0.1) is 0 Å². The van der Waals surface area contributed by atoms with Gasteiger partial charge in [-0.3, -0.25) is 4.79 Å². The quantitative estimate of drug-likeness (QED) is 0.809. The summed E-state index contributed by atoms with van der Waals surface area (Å²) in [6.45, 7) is 5.16. The second-order valence-corrected chi connectivity index (χ2v) is 4.80. The van der Waals surface area contributed by atoms with Gasteiger partial charge in [0.15, 0.2) is 0 Å². The number of amides is 1. The molecule has 4 heteroatoms. The molecule has 0 aliphatic rings. The Morgan fingerprint density at radius 3 is 2.89 bits per heavy atom. The number of hydrogen-bond donors (Lipinski definition) is 2. The molecule has 0 radical (unpaired) electrons. The summed E-state index contributed by atoms with van der Waals surface area (Å²) in [6, 6.07) is 6.25. The Hall–Kier alpha value is -1.81. The second-order valence-electron chi connectivity index (χ2n) is 4.80. The Morgan fingerprint density at radius 1 is 1.37 bits per heavy atom. The number of hydrogen-bond acceptors (Lipinski definition) is 2. The van der Waals surface area contributed by atoms with Crippen molar-refractivity contribution in [1.82, 2.24) is 10.3 Å². The Balaban J connectivity index is 2.17. The highest BCUT2D eigenvalue weighted by atomic mass is 16.5. The van der Waals surface area contributed by atoms with Crippen molar-refractivity contribution >= 4 is 16.8 Å². The Morgan fingerprint density at radius 2 is 2.16 bits per heavy atom. The van der Waals surface area contributed by atoms with Gasteiger partial charge in [0.1, 0.15) is 0 Å². The molecule has 0 bridgehead atoms. The van der Waals surface area contributed by atoms with Crippen molar-refractivity contribution in [1.29, 1.82) is 0 Å². The lowest BCUT2D eigenvalue weighted by atomic mass is 10.1. The van der Waals surface area contributed by atoms with E-state index in [2.05, 4.69) is 35.4 Å². The van der Waals surface area contributed by atoms with Crippen molar-refractivity contribution in [3.8, 4) is 0 Å². The van der Waals surface area contributed by atoms with Gasteiger partial charge in [-0.2, -0.15) is 0 Å². The standard InChI is InChI=1S/C15H20N2O2/c1-10-4-5-14-13(8-10)12(11(2)17-14)9-15(18)16-6-7-19-3/h4-5,8,17H,6-7,9H2,1-3H3,(H,16,18). The van der Waals surface area contributed by atoms with E-state index in [0.717, 1.165) is 22.2 Å². The average Bonchev–Trinajstić information content (AvgIpc) is 2.66. The molecule has 0 unspecified atom stereocenters. The van der Waals surface area contributed by atoms with Gasteiger partial charge in [0.05, 0.1) is 13.0 Å². The van der Waals surface area contributed by atoms with Crippen LogP contribution in [0.15, 0.2) is 18.2 Å². The zero-order chi connectivity index (χ0) is 13.8. The number of aromatic nitrogens is 1. The number of carbonyl (C=O) groups is 1. The van der Waals surface area contributed by atoms with E-state index in [9.17, 15) is 4.79 Å². The van der Waals surface area contributed by atoms with Gasteiger partial charge in [0, 0.05) is 30.3 Å². The molecule has 0 spiro atoms. The lowest BCUT2D eigenvalue weighted by Gasteiger charge is -2.05. The van der Waals surface area contributed by atoms with Gasteiger partial charge in [0.25, 0.3) is 0 Å². The van der Waals surface area contributed by atoms with Crippen molar-refractivity contribution in [2.75, 3.05) is 20.3 Å². The fourth-order valence-corrected chi connectivity index (χ4v) is 2.24. The number of benzene rings is 1. The third-order valence-corrected chi connectivity index (χ3v) is 3.24. The first kappa shape index (κ1) is 13.6. The summed E-state index contributed by atoms with van der Waals surface area (Å²) in [5, 5.41) is 3.99. The summed E-state index contributed by atoms with van der Waals surface area (Å²) in [5.74, 6) is 0.0301. The third kappa shape index (κ3) is 3.15. The maximum Gasteiger partial charge on any atom is 0.224 e. The van der Waals surface area contributed by atoms with E-state index in [0.29, 0.717) is 19.6 Å². The molecule has 1 amide bonds. The van der Waals surface area contributed by atoms with E-state index in [1.54, 1.807) is 7.11 Å². The Labute approximate surface area is 113 Å². The van der Waals surface area contributed by atoms with E-state index in [1.807, 2.05) is 6.92 Å². The molecule has 0 aliphatic heterocycles. The number of nitrogens with one attached hydrogen (secondary N) is 2. The zero-order valence-electron chi connectivity index (χ0n) is 11.7. The largest absolute Gasteiger partial charge is 0.383 e. The van der Waals surface area contributed by atoms with E-state index in [4.69, 9.17) is 4.74 Å². The Kier molecular flexibility index (Phi) is 4.22. The maximum atomic E-state index is 11.9. The van der Waals surface area contributed by atoms with Crippen LogP contribution in [0.1, 0.15) is 16.8 Å². The molecule has 2 rings (SSSR count). The molecule has 102 valence electrons. The van der Waals surface area contributed by atoms with Crippen LogP contribution in [-0.4, -0.2) is 31.2 Å². The molecule has 4 nitrogen and oxygen atoms in total. The van der Waals surface area contributed by atoms with Gasteiger partial charge in [-0.1, -0.05) is 11.6 Å². The third-order valence-electron chi connectivity index (χ3n) is 3.24. The van der Waals surface area contributed by atoms with E-state index in [1.165, 1.54) is 5.56 Å². The summed E-state index contributed by atoms with van der Waals surface area (Å²) in [6.07, 6.45) is 0.402. The molecule has 2 aromatic rings. The molecule has 0 fully saturated rings.